The molecule has 4 unspecified atom stereocenters. The van der Waals surface area contributed by atoms with Gasteiger partial charge in [0.2, 0.25) is 0 Å². The highest BCUT2D eigenvalue weighted by molar-refractivity contribution is 6.36. The SMILES string of the molecule is CC(C)c1cccc(C(C)C)c1N1C(=O)c2cccc(C(=O)N(C)CC(O)C(O)C(O)C(O)CO)c2C1=O. The van der Waals surface area contributed by atoms with E-state index in [1.54, 1.807) is 0 Å². The van der Waals surface area contributed by atoms with Gasteiger partial charge in [-0.25, -0.2) is 4.90 Å². The maximum atomic E-state index is 13.8. The largest absolute Gasteiger partial charge is 0.394 e. The zero-order valence-corrected chi connectivity index (χ0v) is 22.2. The maximum Gasteiger partial charge on any atom is 0.266 e. The van der Waals surface area contributed by atoms with E-state index in [-0.39, 0.29) is 28.5 Å². The van der Waals surface area contributed by atoms with Crippen LogP contribution >= 0.6 is 0 Å². The van der Waals surface area contributed by atoms with Crippen molar-refractivity contribution in [3.05, 3.63) is 64.2 Å². The van der Waals surface area contributed by atoms with Crippen molar-refractivity contribution in [1.29, 1.82) is 0 Å². The van der Waals surface area contributed by atoms with Gasteiger partial charge in [0.15, 0.2) is 0 Å². The highest BCUT2D eigenvalue weighted by Crippen LogP contribution is 2.40. The number of rotatable bonds is 10. The molecular formula is C28H36N2O8. The molecule has 0 saturated heterocycles. The molecule has 38 heavy (non-hydrogen) atoms. The van der Waals surface area contributed by atoms with E-state index in [1.165, 1.54) is 25.2 Å². The van der Waals surface area contributed by atoms with Crippen molar-refractivity contribution < 1.29 is 39.9 Å². The van der Waals surface area contributed by atoms with E-state index < -0.39 is 55.3 Å². The van der Waals surface area contributed by atoms with Crippen molar-refractivity contribution >= 4 is 23.4 Å². The molecule has 0 bridgehead atoms. The first kappa shape index (κ1) is 29.4. The lowest BCUT2D eigenvalue weighted by atomic mass is 9.92. The summed E-state index contributed by atoms with van der Waals surface area (Å²) in [6.07, 6.45) is -7.05. The Balaban J connectivity index is 1.97. The molecule has 1 aliphatic rings. The topological polar surface area (TPSA) is 159 Å². The Kier molecular flexibility index (Phi) is 9.06. The average molecular weight is 529 g/mol. The Bertz CT molecular complexity index is 1190. The molecule has 5 N–H and O–H groups in total. The van der Waals surface area contributed by atoms with Gasteiger partial charge >= 0.3 is 0 Å². The smallest absolute Gasteiger partial charge is 0.266 e. The summed E-state index contributed by atoms with van der Waals surface area (Å²) in [4.78, 5) is 42.9. The molecule has 0 radical (unpaired) electrons. The summed E-state index contributed by atoms with van der Waals surface area (Å²) in [7, 11) is 1.33. The van der Waals surface area contributed by atoms with Gasteiger partial charge in [0.05, 0.1) is 29.0 Å². The van der Waals surface area contributed by atoms with E-state index in [9.17, 15) is 34.8 Å². The van der Waals surface area contributed by atoms with Crippen LogP contribution in [-0.2, 0) is 0 Å². The number of likely N-dealkylation sites (N-methyl/N-ethyl adjacent to an activating group) is 1. The molecule has 1 aliphatic heterocycles. The number of para-hydroxylation sites is 1. The number of carbonyl (C=O) groups is 3. The predicted octanol–water partition coefficient (Wildman–Crippen LogP) is 1.24. The molecule has 3 amide bonds. The third kappa shape index (κ3) is 5.36. The maximum absolute atomic E-state index is 13.8. The van der Waals surface area contributed by atoms with Gasteiger partial charge in [-0.3, -0.25) is 14.4 Å². The molecule has 2 aromatic carbocycles. The zero-order valence-electron chi connectivity index (χ0n) is 22.2. The molecule has 10 heteroatoms. The number of hydrogen-bond acceptors (Lipinski definition) is 8. The van der Waals surface area contributed by atoms with Crippen LogP contribution in [0.4, 0.5) is 5.69 Å². The van der Waals surface area contributed by atoms with E-state index >= 15 is 0 Å². The lowest BCUT2D eigenvalue weighted by molar-refractivity contribution is -0.117. The Morgan fingerprint density at radius 3 is 1.89 bits per heavy atom. The van der Waals surface area contributed by atoms with Crippen LogP contribution in [0.15, 0.2) is 36.4 Å². The highest BCUT2D eigenvalue weighted by Gasteiger charge is 2.42. The van der Waals surface area contributed by atoms with Crippen LogP contribution in [0.2, 0.25) is 0 Å². The molecule has 206 valence electrons. The molecular weight excluding hydrogens is 492 g/mol. The van der Waals surface area contributed by atoms with Crippen LogP contribution in [0, 0.1) is 0 Å². The van der Waals surface area contributed by atoms with Crippen molar-refractivity contribution in [3.8, 4) is 0 Å². The lowest BCUT2D eigenvalue weighted by Gasteiger charge is -2.28. The Hall–Kier alpha value is -3.15. The fourth-order valence-electron chi connectivity index (χ4n) is 4.68. The van der Waals surface area contributed by atoms with Gasteiger partial charge < -0.3 is 30.4 Å². The fourth-order valence-corrected chi connectivity index (χ4v) is 4.68. The van der Waals surface area contributed by atoms with Gasteiger partial charge in [0.25, 0.3) is 17.7 Å². The van der Waals surface area contributed by atoms with Crippen molar-refractivity contribution in [1.82, 2.24) is 4.90 Å². The molecule has 0 aromatic heterocycles. The number of anilines is 1. The summed E-state index contributed by atoms with van der Waals surface area (Å²) in [5.74, 6) is -1.80. The number of carbonyl (C=O) groups excluding carboxylic acids is 3. The molecule has 2 aromatic rings. The first-order chi connectivity index (χ1) is 17.8. The molecule has 0 aliphatic carbocycles. The number of fused-ring (bicyclic) bond motifs is 1. The van der Waals surface area contributed by atoms with E-state index in [0.717, 1.165) is 20.9 Å². The third-order valence-corrected chi connectivity index (χ3v) is 6.84. The Morgan fingerprint density at radius 1 is 0.842 bits per heavy atom. The Labute approximate surface area is 221 Å². The minimum absolute atomic E-state index is 0.0212. The summed E-state index contributed by atoms with van der Waals surface area (Å²) in [6.45, 7) is 6.60. The van der Waals surface area contributed by atoms with E-state index in [4.69, 9.17) is 5.11 Å². The molecule has 10 nitrogen and oxygen atoms in total. The first-order valence-electron chi connectivity index (χ1n) is 12.6. The van der Waals surface area contributed by atoms with Crippen molar-refractivity contribution in [2.24, 2.45) is 0 Å². The minimum atomic E-state index is -1.85. The van der Waals surface area contributed by atoms with E-state index in [1.807, 2.05) is 45.9 Å². The van der Waals surface area contributed by atoms with Gasteiger partial charge in [0, 0.05) is 13.6 Å². The number of hydrogen-bond donors (Lipinski definition) is 5. The average Bonchev–Trinajstić information content (AvgIpc) is 3.15. The van der Waals surface area contributed by atoms with Crippen LogP contribution in [0.5, 0.6) is 0 Å². The van der Waals surface area contributed by atoms with Gasteiger partial charge in [-0.05, 0) is 35.1 Å². The van der Waals surface area contributed by atoms with Crippen molar-refractivity contribution in [3.63, 3.8) is 0 Å². The van der Waals surface area contributed by atoms with Gasteiger partial charge in [-0.15, -0.1) is 0 Å². The second-order valence-electron chi connectivity index (χ2n) is 10.3. The van der Waals surface area contributed by atoms with E-state index in [0.29, 0.717) is 5.69 Å². The Morgan fingerprint density at radius 2 is 1.37 bits per heavy atom. The lowest BCUT2D eigenvalue weighted by Crippen LogP contribution is -2.50. The van der Waals surface area contributed by atoms with Crippen LogP contribution < -0.4 is 4.90 Å². The van der Waals surface area contributed by atoms with Gasteiger partial charge in [-0.2, -0.15) is 0 Å². The fraction of sp³-hybridized carbons (Fsp3) is 0.464. The van der Waals surface area contributed by atoms with Crippen molar-refractivity contribution in [2.75, 3.05) is 25.1 Å². The normalized spacial score (nSPS) is 16.6. The molecule has 1 heterocycles. The summed E-state index contributed by atoms with van der Waals surface area (Å²) < 4.78 is 0. The van der Waals surface area contributed by atoms with Gasteiger partial charge in [0.1, 0.15) is 24.4 Å². The molecule has 4 atom stereocenters. The highest BCUT2D eigenvalue weighted by atomic mass is 16.4. The minimum Gasteiger partial charge on any atom is -0.394 e. The molecule has 3 rings (SSSR count). The summed E-state index contributed by atoms with van der Waals surface area (Å²) in [6, 6.07) is 10.1. The van der Waals surface area contributed by atoms with Gasteiger partial charge in [-0.1, -0.05) is 52.0 Å². The number of aliphatic hydroxyl groups is 5. The summed E-state index contributed by atoms with van der Waals surface area (Å²) >= 11 is 0. The van der Waals surface area contributed by atoms with E-state index in [2.05, 4.69) is 0 Å². The third-order valence-electron chi connectivity index (χ3n) is 6.84. The molecule has 0 spiro atoms. The quantitative estimate of drug-likeness (QED) is 0.288. The van der Waals surface area contributed by atoms with Crippen LogP contribution in [0.3, 0.4) is 0 Å². The van der Waals surface area contributed by atoms with Crippen LogP contribution in [0.1, 0.15) is 81.7 Å². The number of amides is 3. The number of aliphatic hydroxyl groups excluding tert-OH is 5. The predicted molar refractivity (Wildman–Crippen MR) is 140 cm³/mol. The van der Waals surface area contributed by atoms with Crippen molar-refractivity contribution in [2.45, 2.75) is 63.9 Å². The zero-order chi connectivity index (χ0) is 28.5. The van der Waals surface area contributed by atoms with Crippen LogP contribution in [-0.4, -0.2) is 92.8 Å². The monoisotopic (exact) mass is 528 g/mol. The molecule has 0 fully saturated rings. The number of benzene rings is 2. The second kappa shape index (κ2) is 11.7. The first-order valence-corrected chi connectivity index (χ1v) is 12.6. The molecule has 0 saturated carbocycles. The summed E-state index contributed by atoms with van der Waals surface area (Å²) in [5.41, 5.74) is 2.17. The standard InChI is InChI=1S/C28H36N2O8/c1-14(2)16-8-6-9-17(15(3)4)23(16)30-27(37)19-11-7-10-18(22(19)28(30)38)26(36)29(5)12-20(32)24(34)25(35)21(33)13-31/h6-11,14-15,20-21,24-25,31-35H,12-13H2,1-5H3. The van der Waals surface area contributed by atoms with Crippen LogP contribution in [0.25, 0.3) is 0 Å². The number of imide groups is 1. The summed E-state index contributed by atoms with van der Waals surface area (Å²) in [5, 5.41) is 48.8. The number of nitrogens with zero attached hydrogens (tertiary/aromatic N) is 2. The second-order valence-corrected chi connectivity index (χ2v) is 10.3.